The van der Waals surface area contributed by atoms with Crippen LogP contribution in [0.25, 0.3) is 10.8 Å². The Morgan fingerprint density at radius 1 is 0.895 bits per heavy atom. The number of hydrogen-bond donors (Lipinski definition) is 1. The van der Waals surface area contributed by atoms with E-state index in [2.05, 4.69) is 82.4 Å². The molecule has 1 heteroatoms. The lowest BCUT2D eigenvalue weighted by Crippen LogP contribution is -2.39. The lowest BCUT2D eigenvalue weighted by atomic mass is 9.87. The summed E-state index contributed by atoms with van der Waals surface area (Å²) in [4.78, 5) is 0. The van der Waals surface area contributed by atoms with Gasteiger partial charge in [-0.05, 0) is 35.6 Å². The van der Waals surface area contributed by atoms with Crippen molar-refractivity contribution in [2.75, 3.05) is 0 Å². The minimum absolute atomic E-state index is 0.277. The zero-order chi connectivity index (χ0) is 14.0. The van der Waals surface area contributed by atoms with E-state index in [0.717, 1.165) is 0 Å². The standard InChI is InChI=1S/C18H25N/c1-13(19-14(2)18(3,4)5)16-12-8-10-15-9-6-7-11-17(15)16/h6-14,19H,1-5H3. The van der Waals surface area contributed by atoms with Gasteiger partial charge < -0.3 is 5.32 Å². The summed E-state index contributed by atoms with van der Waals surface area (Å²) in [6.45, 7) is 11.4. The smallest absolute Gasteiger partial charge is 0.0300 e. The predicted molar refractivity (Wildman–Crippen MR) is 84.4 cm³/mol. The van der Waals surface area contributed by atoms with Crippen LogP contribution in [0.4, 0.5) is 0 Å². The Morgan fingerprint density at radius 2 is 1.53 bits per heavy atom. The molecular formula is C18H25N. The van der Waals surface area contributed by atoms with Crippen molar-refractivity contribution in [2.45, 2.75) is 46.7 Å². The zero-order valence-electron chi connectivity index (χ0n) is 12.7. The zero-order valence-corrected chi connectivity index (χ0v) is 12.7. The van der Waals surface area contributed by atoms with Crippen molar-refractivity contribution < 1.29 is 0 Å². The molecule has 0 fully saturated rings. The van der Waals surface area contributed by atoms with Crippen LogP contribution in [-0.4, -0.2) is 6.04 Å². The minimum atomic E-state index is 0.277. The van der Waals surface area contributed by atoms with Crippen molar-refractivity contribution in [1.82, 2.24) is 5.32 Å². The Balaban J connectivity index is 2.29. The summed E-state index contributed by atoms with van der Waals surface area (Å²) in [5.74, 6) is 0. The summed E-state index contributed by atoms with van der Waals surface area (Å²) in [6, 6.07) is 16.0. The number of rotatable bonds is 3. The van der Waals surface area contributed by atoms with Crippen LogP contribution in [0.3, 0.4) is 0 Å². The Hall–Kier alpha value is -1.34. The molecule has 19 heavy (non-hydrogen) atoms. The average Bonchev–Trinajstić information content (AvgIpc) is 2.36. The molecule has 2 rings (SSSR count). The quantitative estimate of drug-likeness (QED) is 0.820. The molecule has 0 bridgehead atoms. The van der Waals surface area contributed by atoms with Gasteiger partial charge in [-0.15, -0.1) is 0 Å². The molecule has 1 nitrogen and oxygen atoms in total. The molecule has 102 valence electrons. The Bertz CT molecular complexity index is 546. The topological polar surface area (TPSA) is 12.0 Å². The summed E-state index contributed by atoms with van der Waals surface area (Å²) in [5, 5.41) is 6.40. The normalized spacial score (nSPS) is 15.4. The van der Waals surface area contributed by atoms with Gasteiger partial charge in [0, 0.05) is 12.1 Å². The highest BCUT2D eigenvalue weighted by Gasteiger charge is 2.22. The Labute approximate surface area is 117 Å². The third-order valence-corrected chi connectivity index (χ3v) is 4.09. The second-order valence-electron chi connectivity index (χ2n) is 6.54. The molecule has 2 unspecified atom stereocenters. The molecule has 0 heterocycles. The second kappa shape index (κ2) is 5.34. The highest BCUT2D eigenvalue weighted by atomic mass is 15.0. The molecule has 0 spiro atoms. The largest absolute Gasteiger partial charge is 0.307 e. The van der Waals surface area contributed by atoms with E-state index in [1.54, 1.807) is 0 Å². The maximum atomic E-state index is 3.73. The molecule has 1 N–H and O–H groups in total. The summed E-state index contributed by atoms with van der Waals surface area (Å²) in [7, 11) is 0. The third kappa shape index (κ3) is 3.16. The van der Waals surface area contributed by atoms with Crippen LogP contribution >= 0.6 is 0 Å². The molecule has 2 atom stereocenters. The number of hydrogen-bond acceptors (Lipinski definition) is 1. The van der Waals surface area contributed by atoms with E-state index in [1.807, 2.05) is 0 Å². The first-order valence-electron chi connectivity index (χ1n) is 7.13. The summed E-state index contributed by atoms with van der Waals surface area (Å²) in [5.41, 5.74) is 1.66. The first-order chi connectivity index (χ1) is 8.89. The van der Waals surface area contributed by atoms with Gasteiger partial charge in [-0.1, -0.05) is 63.2 Å². The monoisotopic (exact) mass is 255 g/mol. The van der Waals surface area contributed by atoms with Gasteiger partial charge in [-0.25, -0.2) is 0 Å². The van der Waals surface area contributed by atoms with Crippen LogP contribution < -0.4 is 5.32 Å². The lowest BCUT2D eigenvalue weighted by Gasteiger charge is -2.31. The summed E-state index contributed by atoms with van der Waals surface area (Å²) >= 11 is 0. The second-order valence-corrected chi connectivity index (χ2v) is 6.54. The van der Waals surface area contributed by atoms with E-state index in [0.29, 0.717) is 12.1 Å². The maximum Gasteiger partial charge on any atom is 0.0300 e. The Morgan fingerprint density at radius 3 is 2.21 bits per heavy atom. The lowest BCUT2D eigenvalue weighted by molar-refractivity contribution is 0.268. The van der Waals surface area contributed by atoms with Gasteiger partial charge in [0.25, 0.3) is 0 Å². The van der Waals surface area contributed by atoms with Crippen LogP contribution in [-0.2, 0) is 0 Å². The van der Waals surface area contributed by atoms with Crippen molar-refractivity contribution in [2.24, 2.45) is 5.41 Å². The first-order valence-corrected chi connectivity index (χ1v) is 7.13. The predicted octanol–water partition coefficient (Wildman–Crippen LogP) is 4.93. The molecule has 0 aliphatic heterocycles. The van der Waals surface area contributed by atoms with Gasteiger partial charge in [0.1, 0.15) is 0 Å². The first kappa shape index (κ1) is 14.1. The van der Waals surface area contributed by atoms with Gasteiger partial charge in [0.2, 0.25) is 0 Å². The van der Waals surface area contributed by atoms with Crippen molar-refractivity contribution in [3.05, 3.63) is 48.0 Å². The van der Waals surface area contributed by atoms with Gasteiger partial charge in [-0.2, -0.15) is 0 Å². The van der Waals surface area contributed by atoms with E-state index in [-0.39, 0.29) is 5.41 Å². The van der Waals surface area contributed by atoms with E-state index >= 15 is 0 Å². The van der Waals surface area contributed by atoms with Crippen LogP contribution in [0.15, 0.2) is 42.5 Å². The number of benzene rings is 2. The minimum Gasteiger partial charge on any atom is -0.307 e. The molecule has 0 radical (unpaired) electrons. The van der Waals surface area contributed by atoms with E-state index in [9.17, 15) is 0 Å². The molecular weight excluding hydrogens is 230 g/mol. The molecule has 2 aromatic rings. The summed E-state index contributed by atoms with van der Waals surface area (Å²) in [6.07, 6.45) is 0. The van der Waals surface area contributed by atoms with Crippen LogP contribution in [0.1, 0.15) is 46.2 Å². The van der Waals surface area contributed by atoms with E-state index < -0.39 is 0 Å². The molecule has 0 aliphatic rings. The van der Waals surface area contributed by atoms with Gasteiger partial charge in [0.15, 0.2) is 0 Å². The fourth-order valence-electron chi connectivity index (χ4n) is 2.34. The van der Waals surface area contributed by atoms with Crippen LogP contribution in [0.2, 0.25) is 0 Å². The fraction of sp³-hybridized carbons (Fsp3) is 0.444. The molecule has 0 saturated heterocycles. The van der Waals surface area contributed by atoms with Crippen LogP contribution in [0.5, 0.6) is 0 Å². The molecule has 0 saturated carbocycles. The summed E-state index contributed by atoms with van der Waals surface area (Å²) < 4.78 is 0. The van der Waals surface area contributed by atoms with Crippen molar-refractivity contribution in [3.8, 4) is 0 Å². The van der Waals surface area contributed by atoms with Gasteiger partial charge >= 0.3 is 0 Å². The van der Waals surface area contributed by atoms with E-state index in [1.165, 1.54) is 16.3 Å². The fourth-order valence-corrected chi connectivity index (χ4v) is 2.34. The molecule has 2 aromatic carbocycles. The average molecular weight is 255 g/mol. The van der Waals surface area contributed by atoms with E-state index in [4.69, 9.17) is 0 Å². The maximum absolute atomic E-state index is 3.73. The highest BCUT2D eigenvalue weighted by Crippen LogP contribution is 2.27. The Kier molecular flexibility index (Phi) is 3.96. The highest BCUT2D eigenvalue weighted by molar-refractivity contribution is 5.86. The van der Waals surface area contributed by atoms with Crippen LogP contribution in [0, 0.1) is 5.41 Å². The van der Waals surface area contributed by atoms with Crippen molar-refractivity contribution in [3.63, 3.8) is 0 Å². The molecule has 0 amide bonds. The van der Waals surface area contributed by atoms with Crippen molar-refractivity contribution in [1.29, 1.82) is 0 Å². The van der Waals surface area contributed by atoms with Gasteiger partial charge in [-0.3, -0.25) is 0 Å². The molecule has 0 aliphatic carbocycles. The van der Waals surface area contributed by atoms with Gasteiger partial charge in [0.05, 0.1) is 0 Å². The number of nitrogens with one attached hydrogen (secondary N) is 1. The number of fused-ring (bicyclic) bond motifs is 1. The molecule has 0 aromatic heterocycles. The third-order valence-electron chi connectivity index (χ3n) is 4.09. The van der Waals surface area contributed by atoms with Crippen molar-refractivity contribution >= 4 is 10.8 Å². The SMILES string of the molecule is CC(NC(C)C(C)(C)C)c1cccc2ccccc12.